The maximum absolute atomic E-state index is 12.7. The molecule has 6 nitrogen and oxygen atoms in total. The number of nitrogens with two attached hydrogens (primary N) is 1. The topological polar surface area (TPSA) is 81.2 Å². The number of nitrogen functional groups attached to an aromatic ring is 1. The van der Waals surface area contributed by atoms with Gasteiger partial charge in [0.05, 0.1) is 11.3 Å². The van der Waals surface area contributed by atoms with Crippen molar-refractivity contribution >= 4 is 29.3 Å². The number of rotatable bonds is 2. The van der Waals surface area contributed by atoms with Crippen molar-refractivity contribution < 1.29 is 9.59 Å². The molecule has 0 saturated carbocycles. The molecule has 1 aromatic heterocycles. The molecule has 0 unspecified atom stereocenters. The molecule has 0 radical (unpaired) electrons. The lowest BCUT2D eigenvalue weighted by atomic mass is 9.98. The van der Waals surface area contributed by atoms with Gasteiger partial charge < -0.3 is 5.73 Å². The third-order valence-corrected chi connectivity index (χ3v) is 4.34. The Morgan fingerprint density at radius 2 is 1.54 bits per heavy atom. The number of carbonyl (C=O) groups excluding carboxylic acids is 2. The second kappa shape index (κ2) is 6.00. The smallest absolute Gasteiger partial charge is 0.266 e. The normalized spacial score (nSPS) is 15.4. The molecule has 1 aliphatic rings. The lowest BCUT2D eigenvalue weighted by Crippen LogP contribution is -2.38. The van der Waals surface area contributed by atoms with Crippen LogP contribution in [-0.4, -0.2) is 33.5 Å². The summed E-state index contributed by atoms with van der Waals surface area (Å²) in [5.74, 6) is -0.631. The highest BCUT2D eigenvalue weighted by Crippen LogP contribution is 2.33. The molecule has 3 aromatic rings. The fourth-order valence-electron chi connectivity index (χ4n) is 2.98. The van der Waals surface area contributed by atoms with E-state index >= 15 is 0 Å². The molecule has 2 aromatic carbocycles. The third kappa shape index (κ3) is 2.39. The highest BCUT2D eigenvalue weighted by Gasteiger charge is 2.38. The van der Waals surface area contributed by atoms with E-state index in [0.29, 0.717) is 11.3 Å². The second-order valence-corrected chi connectivity index (χ2v) is 5.99. The number of likely N-dealkylation sites (N-methyl/N-ethyl adjacent to an activating group) is 1. The number of nitrogens with zero attached hydrogens (tertiary/aromatic N) is 3. The quantitative estimate of drug-likeness (QED) is 0.572. The first-order valence-electron chi connectivity index (χ1n) is 8.11. The van der Waals surface area contributed by atoms with Crippen LogP contribution in [0.25, 0.3) is 17.3 Å². The fraction of sp³-hybridized carbons (Fsp3) is 0.0500. The molecule has 0 saturated heterocycles. The molecule has 0 bridgehead atoms. The fourth-order valence-corrected chi connectivity index (χ4v) is 2.98. The molecule has 0 spiro atoms. The van der Waals surface area contributed by atoms with Gasteiger partial charge in [0.15, 0.2) is 0 Å². The Morgan fingerprint density at radius 1 is 0.923 bits per heavy atom. The molecule has 0 atom stereocenters. The van der Waals surface area contributed by atoms with Crippen LogP contribution in [-0.2, 0) is 4.79 Å². The van der Waals surface area contributed by atoms with Crippen molar-refractivity contribution in [3.8, 4) is 5.69 Å². The number of aromatic nitrogens is 2. The van der Waals surface area contributed by atoms with E-state index in [1.54, 1.807) is 6.08 Å². The summed E-state index contributed by atoms with van der Waals surface area (Å²) in [5, 5.41) is 4.49. The van der Waals surface area contributed by atoms with Gasteiger partial charge in [-0.1, -0.05) is 48.5 Å². The van der Waals surface area contributed by atoms with Crippen molar-refractivity contribution in [2.24, 2.45) is 0 Å². The van der Waals surface area contributed by atoms with Crippen LogP contribution < -0.4 is 5.73 Å². The van der Waals surface area contributed by atoms with Gasteiger partial charge in [-0.05, 0) is 23.8 Å². The van der Waals surface area contributed by atoms with E-state index in [1.807, 2.05) is 60.7 Å². The Hall–Kier alpha value is -3.67. The summed E-state index contributed by atoms with van der Waals surface area (Å²) in [6.45, 7) is 0. The highest BCUT2D eigenvalue weighted by atomic mass is 16.2. The lowest BCUT2D eigenvalue weighted by Gasteiger charge is -2.22. The molecule has 26 heavy (non-hydrogen) atoms. The highest BCUT2D eigenvalue weighted by molar-refractivity contribution is 6.34. The Kier molecular flexibility index (Phi) is 3.65. The van der Waals surface area contributed by atoms with Crippen LogP contribution >= 0.6 is 0 Å². The minimum Gasteiger partial charge on any atom is -0.383 e. The number of amides is 2. The lowest BCUT2D eigenvalue weighted by molar-refractivity contribution is -0.121. The largest absolute Gasteiger partial charge is 0.383 e. The molecule has 0 aliphatic carbocycles. The second-order valence-electron chi connectivity index (χ2n) is 5.99. The van der Waals surface area contributed by atoms with Crippen molar-refractivity contribution in [2.75, 3.05) is 12.8 Å². The summed E-state index contributed by atoms with van der Waals surface area (Å²) in [4.78, 5) is 26.4. The Balaban J connectivity index is 1.95. The van der Waals surface area contributed by atoms with Crippen molar-refractivity contribution in [1.82, 2.24) is 14.7 Å². The third-order valence-electron chi connectivity index (χ3n) is 4.34. The predicted octanol–water partition coefficient (Wildman–Crippen LogP) is 2.61. The zero-order valence-corrected chi connectivity index (χ0v) is 14.1. The molecule has 2 heterocycles. The van der Waals surface area contributed by atoms with Crippen LogP contribution in [0.15, 0.2) is 60.7 Å². The molecule has 4 rings (SSSR count). The number of para-hydroxylation sites is 1. The minimum absolute atomic E-state index is 0.217. The summed E-state index contributed by atoms with van der Waals surface area (Å²) < 4.78 is 1.49. The first kappa shape index (κ1) is 15.8. The van der Waals surface area contributed by atoms with Crippen LogP contribution in [0.2, 0.25) is 0 Å². The van der Waals surface area contributed by atoms with Gasteiger partial charge in [-0.3, -0.25) is 14.5 Å². The maximum atomic E-state index is 12.7. The predicted molar refractivity (Wildman–Crippen MR) is 99.4 cm³/mol. The van der Waals surface area contributed by atoms with E-state index in [-0.39, 0.29) is 11.4 Å². The van der Waals surface area contributed by atoms with Gasteiger partial charge >= 0.3 is 0 Å². The summed E-state index contributed by atoms with van der Waals surface area (Å²) in [6, 6.07) is 18.7. The molecule has 0 fully saturated rings. The van der Waals surface area contributed by atoms with Crippen LogP contribution in [0.3, 0.4) is 0 Å². The average Bonchev–Trinajstić information content (AvgIpc) is 3.02. The van der Waals surface area contributed by atoms with E-state index in [9.17, 15) is 9.59 Å². The average molecular weight is 344 g/mol. The Labute approximate surface area is 150 Å². The summed E-state index contributed by atoms with van der Waals surface area (Å²) in [5.41, 5.74) is 8.69. The SMILES string of the molecule is CN1C(=O)/C(=C/c2ccccc2)c2nn(-c3ccccc3)c(N)c2C1=O. The van der Waals surface area contributed by atoms with Crippen molar-refractivity contribution in [2.45, 2.75) is 0 Å². The van der Waals surface area contributed by atoms with Gasteiger partial charge in [0.25, 0.3) is 11.8 Å². The molecule has 6 heteroatoms. The zero-order chi connectivity index (χ0) is 18.3. The number of imide groups is 1. The summed E-state index contributed by atoms with van der Waals surface area (Å²) >= 11 is 0. The van der Waals surface area contributed by atoms with Gasteiger partial charge in [-0.15, -0.1) is 0 Å². The standard InChI is InChI=1S/C20H16N4O2/c1-23-19(25)15(12-13-8-4-2-5-9-13)17-16(20(23)26)18(21)24(22-17)14-10-6-3-7-11-14/h2-12H,21H2,1H3/b15-12+. The van der Waals surface area contributed by atoms with Gasteiger partial charge in [0.2, 0.25) is 0 Å². The number of hydrogen-bond acceptors (Lipinski definition) is 4. The van der Waals surface area contributed by atoms with Crippen LogP contribution in [0.4, 0.5) is 5.82 Å². The van der Waals surface area contributed by atoms with Crippen LogP contribution in [0.1, 0.15) is 21.6 Å². The Morgan fingerprint density at radius 3 is 2.19 bits per heavy atom. The Bertz CT molecular complexity index is 1040. The molecule has 1 aliphatic heterocycles. The summed E-state index contributed by atoms with van der Waals surface area (Å²) in [6.07, 6.45) is 1.73. The van der Waals surface area contributed by atoms with Gasteiger partial charge in [-0.2, -0.15) is 5.10 Å². The van der Waals surface area contributed by atoms with Crippen LogP contribution in [0, 0.1) is 0 Å². The minimum atomic E-state index is -0.449. The number of anilines is 1. The number of carbonyl (C=O) groups is 2. The van der Waals surface area contributed by atoms with Gasteiger partial charge in [0, 0.05) is 7.05 Å². The number of fused-ring (bicyclic) bond motifs is 1. The van der Waals surface area contributed by atoms with Crippen molar-refractivity contribution in [1.29, 1.82) is 0 Å². The van der Waals surface area contributed by atoms with E-state index < -0.39 is 11.8 Å². The van der Waals surface area contributed by atoms with Crippen LogP contribution in [0.5, 0.6) is 0 Å². The molecule has 2 N–H and O–H groups in total. The monoisotopic (exact) mass is 344 g/mol. The summed E-state index contributed by atoms with van der Waals surface area (Å²) in [7, 11) is 1.45. The van der Waals surface area contributed by atoms with E-state index in [4.69, 9.17) is 5.73 Å². The maximum Gasteiger partial charge on any atom is 0.266 e. The molecular weight excluding hydrogens is 328 g/mol. The number of hydrogen-bond donors (Lipinski definition) is 1. The van der Waals surface area contributed by atoms with E-state index in [1.165, 1.54) is 11.7 Å². The van der Waals surface area contributed by atoms with Gasteiger partial charge in [-0.25, -0.2) is 4.68 Å². The number of benzene rings is 2. The zero-order valence-electron chi connectivity index (χ0n) is 14.1. The molecule has 128 valence electrons. The first-order chi connectivity index (χ1) is 12.6. The van der Waals surface area contributed by atoms with Crippen molar-refractivity contribution in [3.63, 3.8) is 0 Å². The van der Waals surface area contributed by atoms with E-state index in [2.05, 4.69) is 5.10 Å². The van der Waals surface area contributed by atoms with Crippen molar-refractivity contribution in [3.05, 3.63) is 77.5 Å². The van der Waals surface area contributed by atoms with E-state index in [0.717, 1.165) is 16.2 Å². The molecular formula is C20H16N4O2. The first-order valence-corrected chi connectivity index (χ1v) is 8.11. The van der Waals surface area contributed by atoms with Gasteiger partial charge in [0.1, 0.15) is 17.1 Å². The molecule has 2 amide bonds.